The first-order valence-electron chi connectivity index (χ1n) is 9.97. The van der Waals surface area contributed by atoms with Crippen LogP contribution >= 0.6 is 0 Å². The number of hydrogen-bond acceptors (Lipinski definition) is 5. The SMILES string of the molecule is CC(C)CN(C(=O)CN1CCN(c2ccccc2F)CC1)[C@H]1CCS(=O)(=O)C1. The summed E-state index contributed by atoms with van der Waals surface area (Å²) in [5.74, 6) is 0.297. The summed E-state index contributed by atoms with van der Waals surface area (Å²) in [6.07, 6.45) is 0.530. The smallest absolute Gasteiger partial charge is 0.237 e. The van der Waals surface area contributed by atoms with E-state index in [1.807, 2.05) is 24.8 Å². The number of para-hydroxylation sites is 1. The van der Waals surface area contributed by atoms with Crippen LogP contribution in [0.2, 0.25) is 0 Å². The van der Waals surface area contributed by atoms with Crippen LogP contribution in [0.3, 0.4) is 0 Å². The molecule has 1 aromatic carbocycles. The van der Waals surface area contributed by atoms with Crippen LogP contribution in [0.15, 0.2) is 24.3 Å². The number of rotatable bonds is 6. The number of halogens is 1. The molecule has 1 amide bonds. The molecule has 1 atom stereocenters. The molecule has 0 aromatic heterocycles. The summed E-state index contributed by atoms with van der Waals surface area (Å²) >= 11 is 0. The van der Waals surface area contributed by atoms with Crippen molar-refractivity contribution in [2.75, 3.05) is 55.7 Å². The van der Waals surface area contributed by atoms with Crippen molar-refractivity contribution in [1.82, 2.24) is 9.80 Å². The Morgan fingerprint density at radius 3 is 2.46 bits per heavy atom. The van der Waals surface area contributed by atoms with E-state index in [9.17, 15) is 17.6 Å². The number of hydrogen-bond donors (Lipinski definition) is 0. The van der Waals surface area contributed by atoms with Gasteiger partial charge in [-0.1, -0.05) is 26.0 Å². The third kappa shape index (κ3) is 5.23. The van der Waals surface area contributed by atoms with Crippen molar-refractivity contribution in [3.8, 4) is 0 Å². The van der Waals surface area contributed by atoms with Gasteiger partial charge in [-0.05, 0) is 24.5 Å². The Hall–Kier alpha value is -1.67. The molecule has 0 spiro atoms. The Labute approximate surface area is 167 Å². The fourth-order valence-corrected chi connectivity index (χ4v) is 5.74. The molecule has 8 heteroatoms. The monoisotopic (exact) mass is 411 g/mol. The van der Waals surface area contributed by atoms with E-state index in [0.717, 1.165) is 0 Å². The van der Waals surface area contributed by atoms with Crippen LogP contribution in [0.1, 0.15) is 20.3 Å². The second-order valence-electron chi connectivity index (χ2n) is 8.21. The first-order valence-corrected chi connectivity index (χ1v) is 11.8. The fourth-order valence-electron chi connectivity index (χ4n) is 4.01. The van der Waals surface area contributed by atoms with Crippen molar-refractivity contribution < 1.29 is 17.6 Å². The highest BCUT2D eigenvalue weighted by molar-refractivity contribution is 7.91. The number of sulfone groups is 1. The maximum atomic E-state index is 14.0. The van der Waals surface area contributed by atoms with Gasteiger partial charge in [-0.15, -0.1) is 0 Å². The molecule has 2 heterocycles. The van der Waals surface area contributed by atoms with Gasteiger partial charge < -0.3 is 9.80 Å². The van der Waals surface area contributed by atoms with Crippen LogP contribution in [0.25, 0.3) is 0 Å². The average Bonchev–Trinajstić information content (AvgIpc) is 3.00. The minimum atomic E-state index is -3.03. The van der Waals surface area contributed by atoms with E-state index < -0.39 is 9.84 Å². The highest BCUT2D eigenvalue weighted by Crippen LogP contribution is 2.22. The zero-order chi connectivity index (χ0) is 20.3. The fraction of sp³-hybridized carbons (Fsp3) is 0.650. The molecule has 2 aliphatic heterocycles. The molecule has 0 N–H and O–H groups in total. The topological polar surface area (TPSA) is 60.9 Å². The van der Waals surface area contributed by atoms with Crippen molar-refractivity contribution in [1.29, 1.82) is 0 Å². The molecule has 2 saturated heterocycles. The molecule has 2 aliphatic rings. The molecule has 0 bridgehead atoms. The van der Waals surface area contributed by atoms with Crippen molar-refractivity contribution >= 4 is 21.4 Å². The number of anilines is 1. The second kappa shape index (κ2) is 8.78. The number of carbonyl (C=O) groups excluding carboxylic acids is 1. The lowest BCUT2D eigenvalue weighted by atomic mass is 10.1. The summed E-state index contributed by atoms with van der Waals surface area (Å²) in [6, 6.07) is 6.54. The van der Waals surface area contributed by atoms with Crippen LogP contribution in [-0.2, 0) is 14.6 Å². The third-order valence-electron chi connectivity index (χ3n) is 5.46. The lowest BCUT2D eigenvalue weighted by Gasteiger charge is -2.37. The maximum Gasteiger partial charge on any atom is 0.237 e. The summed E-state index contributed by atoms with van der Waals surface area (Å²) < 4.78 is 37.7. The molecule has 0 saturated carbocycles. The molecule has 0 aliphatic carbocycles. The number of benzene rings is 1. The van der Waals surface area contributed by atoms with Gasteiger partial charge in [0.05, 0.1) is 23.7 Å². The average molecular weight is 412 g/mol. The Bertz CT molecular complexity index is 792. The normalized spacial score (nSPS) is 22.6. The van der Waals surface area contributed by atoms with Gasteiger partial charge >= 0.3 is 0 Å². The summed E-state index contributed by atoms with van der Waals surface area (Å²) in [6.45, 7) is 7.62. The summed E-state index contributed by atoms with van der Waals surface area (Å²) in [5.41, 5.74) is 0.603. The van der Waals surface area contributed by atoms with Crippen LogP contribution in [-0.4, -0.2) is 80.9 Å². The molecule has 6 nitrogen and oxygen atoms in total. The van der Waals surface area contributed by atoms with Crippen LogP contribution in [0, 0.1) is 11.7 Å². The van der Waals surface area contributed by atoms with E-state index in [4.69, 9.17) is 0 Å². The quantitative estimate of drug-likeness (QED) is 0.712. The molecule has 3 rings (SSSR count). The molecular formula is C20H30FN3O3S. The maximum absolute atomic E-state index is 14.0. The van der Waals surface area contributed by atoms with E-state index in [2.05, 4.69) is 4.90 Å². The van der Waals surface area contributed by atoms with Gasteiger partial charge in [-0.2, -0.15) is 0 Å². The Morgan fingerprint density at radius 1 is 1.21 bits per heavy atom. The number of amides is 1. The predicted octanol–water partition coefficient (Wildman–Crippen LogP) is 1.62. The lowest BCUT2D eigenvalue weighted by molar-refractivity contribution is -0.135. The van der Waals surface area contributed by atoms with E-state index in [1.54, 1.807) is 17.0 Å². The summed E-state index contributed by atoms with van der Waals surface area (Å²) in [7, 11) is -3.03. The predicted molar refractivity (Wildman–Crippen MR) is 109 cm³/mol. The Morgan fingerprint density at radius 2 is 1.89 bits per heavy atom. The van der Waals surface area contributed by atoms with Gasteiger partial charge in [0, 0.05) is 38.8 Å². The summed E-state index contributed by atoms with van der Waals surface area (Å²) in [4.78, 5) is 18.8. The van der Waals surface area contributed by atoms with Crippen molar-refractivity contribution in [2.24, 2.45) is 5.92 Å². The van der Waals surface area contributed by atoms with Gasteiger partial charge in [0.15, 0.2) is 9.84 Å². The van der Waals surface area contributed by atoms with Gasteiger partial charge in [-0.3, -0.25) is 9.69 Å². The zero-order valence-electron chi connectivity index (χ0n) is 16.7. The molecule has 1 aromatic rings. The minimum absolute atomic E-state index is 0.00450. The van der Waals surface area contributed by atoms with Gasteiger partial charge in [0.2, 0.25) is 5.91 Å². The number of nitrogens with zero attached hydrogens (tertiary/aromatic N) is 3. The molecule has 0 radical (unpaired) electrons. The lowest BCUT2D eigenvalue weighted by Crippen LogP contribution is -2.52. The Kier molecular flexibility index (Phi) is 6.60. The molecular weight excluding hydrogens is 381 g/mol. The van der Waals surface area contributed by atoms with E-state index >= 15 is 0 Å². The van der Waals surface area contributed by atoms with Gasteiger partial charge in [0.1, 0.15) is 5.82 Å². The van der Waals surface area contributed by atoms with Gasteiger partial charge in [-0.25, -0.2) is 12.8 Å². The summed E-state index contributed by atoms with van der Waals surface area (Å²) in [5, 5.41) is 0. The first kappa shape index (κ1) is 21.0. The van der Waals surface area contributed by atoms with Crippen molar-refractivity contribution in [2.45, 2.75) is 26.3 Å². The van der Waals surface area contributed by atoms with E-state index in [-0.39, 0.29) is 41.7 Å². The molecule has 0 unspecified atom stereocenters. The highest BCUT2D eigenvalue weighted by Gasteiger charge is 2.35. The first-order chi connectivity index (χ1) is 13.2. The largest absolute Gasteiger partial charge is 0.367 e. The number of piperazine rings is 1. The third-order valence-corrected chi connectivity index (χ3v) is 7.21. The van der Waals surface area contributed by atoms with Crippen LogP contribution < -0.4 is 4.90 Å². The van der Waals surface area contributed by atoms with Crippen LogP contribution in [0.4, 0.5) is 10.1 Å². The van der Waals surface area contributed by atoms with Crippen molar-refractivity contribution in [3.05, 3.63) is 30.1 Å². The molecule has 28 heavy (non-hydrogen) atoms. The second-order valence-corrected chi connectivity index (χ2v) is 10.4. The van der Waals surface area contributed by atoms with Gasteiger partial charge in [0.25, 0.3) is 0 Å². The number of carbonyl (C=O) groups is 1. The highest BCUT2D eigenvalue weighted by atomic mass is 32.2. The standard InChI is InChI=1S/C20H30FN3O3S/c1-16(2)13-24(17-7-12-28(26,27)15-17)20(25)14-22-8-10-23(11-9-22)19-6-4-3-5-18(19)21/h3-6,16-17H,7-15H2,1-2H3/t17-/m0/s1. The zero-order valence-corrected chi connectivity index (χ0v) is 17.5. The Balaban J connectivity index is 1.58. The van der Waals surface area contributed by atoms with E-state index in [0.29, 0.717) is 44.8 Å². The molecule has 2 fully saturated rings. The van der Waals surface area contributed by atoms with Crippen LogP contribution in [0.5, 0.6) is 0 Å². The van der Waals surface area contributed by atoms with Crippen molar-refractivity contribution in [3.63, 3.8) is 0 Å². The molecule has 156 valence electrons. The minimum Gasteiger partial charge on any atom is -0.367 e. The van der Waals surface area contributed by atoms with E-state index in [1.165, 1.54) is 6.07 Å².